The summed E-state index contributed by atoms with van der Waals surface area (Å²) < 4.78 is 5.33. The smallest absolute Gasteiger partial charge is 0.140 e. The molecule has 0 aromatic heterocycles. The fraction of sp³-hybridized carbons (Fsp3) is 0.533. The molecule has 1 aliphatic heterocycles. The molecule has 0 spiro atoms. The highest BCUT2D eigenvalue weighted by atomic mass is 16.5. The fourth-order valence-electron chi connectivity index (χ4n) is 2.53. The van der Waals surface area contributed by atoms with E-state index in [1.165, 1.54) is 5.56 Å². The Balaban J connectivity index is 1.94. The van der Waals surface area contributed by atoms with Gasteiger partial charge in [-0.25, -0.2) is 0 Å². The Morgan fingerprint density at radius 1 is 1.22 bits per heavy atom. The predicted octanol–water partition coefficient (Wildman–Crippen LogP) is 1.94. The van der Waals surface area contributed by atoms with Gasteiger partial charge in [0.05, 0.1) is 0 Å². The van der Waals surface area contributed by atoms with Gasteiger partial charge in [0.15, 0.2) is 0 Å². The van der Waals surface area contributed by atoms with E-state index in [0.717, 1.165) is 19.3 Å². The van der Waals surface area contributed by atoms with Crippen LogP contribution in [0.1, 0.15) is 24.8 Å². The highest BCUT2D eigenvalue weighted by Gasteiger charge is 2.37. The van der Waals surface area contributed by atoms with Crippen molar-refractivity contribution in [2.75, 3.05) is 19.8 Å². The zero-order valence-electron chi connectivity index (χ0n) is 10.7. The number of ether oxygens (including phenoxy) is 1. The molecular weight excluding hydrogens is 226 g/mol. The van der Waals surface area contributed by atoms with Crippen LogP contribution < -0.4 is 5.73 Å². The number of carbonyl (C=O) groups is 1. The van der Waals surface area contributed by atoms with Crippen molar-refractivity contribution in [1.29, 1.82) is 0 Å². The number of carbonyl (C=O) groups excluding carboxylic acids is 1. The van der Waals surface area contributed by atoms with E-state index in [0.29, 0.717) is 32.0 Å². The molecule has 0 atom stereocenters. The molecule has 3 nitrogen and oxygen atoms in total. The molecule has 1 aliphatic rings. The summed E-state index contributed by atoms with van der Waals surface area (Å²) in [6.07, 6.45) is 2.94. The molecule has 0 saturated carbocycles. The summed E-state index contributed by atoms with van der Waals surface area (Å²) in [5.41, 5.74) is 6.72. The van der Waals surface area contributed by atoms with Crippen LogP contribution >= 0.6 is 0 Å². The number of nitrogens with two attached hydrogens (primary N) is 1. The second-order valence-electron chi connectivity index (χ2n) is 5.01. The van der Waals surface area contributed by atoms with Gasteiger partial charge >= 0.3 is 0 Å². The van der Waals surface area contributed by atoms with Crippen molar-refractivity contribution in [3.63, 3.8) is 0 Å². The lowest BCUT2D eigenvalue weighted by Gasteiger charge is -2.34. The first-order valence-corrected chi connectivity index (χ1v) is 6.62. The van der Waals surface area contributed by atoms with E-state index in [1.54, 1.807) is 0 Å². The number of Topliss-reactive ketones (excluding diaryl/α,β-unsaturated/α-hetero) is 1. The first-order valence-electron chi connectivity index (χ1n) is 6.62. The van der Waals surface area contributed by atoms with E-state index >= 15 is 0 Å². The topological polar surface area (TPSA) is 52.3 Å². The molecule has 0 unspecified atom stereocenters. The minimum atomic E-state index is -0.326. The zero-order valence-corrected chi connectivity index (χ0v) is 10.7. The number of hydrogen-bond acceptors (Lipinski definition) is 3. The lowest BCUT2D eigenvalue weighted by atomic mass is 9.75. The van der Waals surface area contributed by atoms with Gasteiger partial charge in [-0.1, -0.05) is 30.3 Å². The van der Waals surface area contributed by atoms with Crippen LogP contribution in [-0.4, -0.2) is 25.5 Å². The Morgan fingerprint density at radius 3 is 2.50 bits per heavy atom. The molecular formula is C15H21NO2. The molecule has 0 amide bonds. The standard InChI is InChI=1S/C15H21NO2/c16-12-15(8-10-18-11-9-15)14(17)7-6-13-4-2-1-3-5-13/h1-5H,6-12,16H2. The van der Waals surface area contributed by atoms with Crippen molar-refractivity contribution < 1.29 is 9.53 Å². The van der Waals surface area contributed by atoms with Crippen molar-refractivity contribution in [3.8, 4) is 0 Å². The van der Waals surface area contributed by atoms with Crippen molar-refractivity contribution in [1.82, 2.24) is 0 Å². The highest BCUT2D eigenvalue weighted by Crippen LogP contribution is 2.31. The van der Waals surface area contributed by atoms with Gasteiger partial charge < -0.3 is 10.5 Å². The Kier molecular flexibility index (Phi) is 4.50. The van der Waals surface area contributed by atoms with E-state index in [1.807, 2.05) is 18.2 Å². The van der Waals surface area contributed by atoms with E-state index in [4.69, 9.17) is 10.5 Å². The van der Waals surface area contributed by atoms with Gasteiger partial charge in [-0.05, 0) is 24.8 Å². The summed E-state index contributed by atoms with van der Waals surface area (Å²) in [7, 11) is 0. The SMILES string of the molecule is NCC1(C(=O)CCc2ccccc2)CCOCC1. The minimum Gasteiger partial charge on any atom is -0.381 e. The fourth-order valence-corrected chi connectivity index (χ4v) is 2.53. The van der Waals surface area contributed by atoms with Gasteiger partial charge in [0.25, 0.3) is 0 Å². The van der Waals surface area contributed by atoms with Gasteiger partial charge in [0.1, 0.15) is 5.78 Å². The number of ketones is 1. The normalized spacial score (nSPS) is 18.5. The van der Waals surface area contributed by atoms with Crippen molar-refractivity contribution in [3.05, 3.63) is 35.9 Å². The molecule has 0 aliphatic carbocycles. The second-order valence-corrected chi connectivity index (χ2v) is 5.01. The molecule has 3 heteroatoms. The van der Waals surface area contributed by atoms with Crippen LogP contribution in [0.4, 0.5) is 0 Å². The molecule has 1 aromatic rings. The molecule has 2 rings (SSSR count). The largest absolute Gasteiger partial charge is 0.381 e. The summed E-state index contributed by atoms with van der Waals surface area (Å²) >= 11 is 0. The highest BCUT2D eigenvalue weighted by molar-refractivity contribution is 5.85. The summed E-state index contributed by atoms with van der Waals surface area (Å²) in [6, 6.07) is 10.1. The first kappa shape index (κ1) is 13.2. The van der Waals surface area contributed by atoms with Crippen LogP contribution in [0, 0.1) is 5.41 Å². The molecule has 98 valence electrons. The van der Waals surface area contributed by atoms with Gasteiger partial charge in [-0.3, -0.25) is 4.79 Å². The van der Waals surface area contributed by atoms with E-state index in [9.17, 15) is 4.79 Å². The van der Waals surface area contributed by atoms with Gasteiger partial charge in [0.2, 0.25) is 0 Å². The van der Waals surface area contributed by atoms with Crippen LogP contribution in [0.15, 0.2) is 30.3 Å². The third-order valence-electron chi connectivity index (χ3n) is 3.92. The minimum absolute atomic E-state index is 0.303. The monoisotopic (exact) mass is 247 g/mol. The maximum Gasteiger partial charge on any atom is 0.140 e. The van der Waals surface area contributed by atoms with Crippen LogP contribution in [-0.2, 0) is 16.0 Å². The Morgan fingerprint density at radius 2 is 1.89 bits per heavy atom. The molecule has 1 fully saturated rings. The second kappa shape index (κ2) is 6.12. The average molecular weight is 247 g/mol. The molecule has 18 heavy (non-hydrogen) atoms. The number of benzene rings is 1. The average Bonchev–Trinajstić information content (AvgIpc) is 2.46. The number of rotatable bonds is 5. The molecule has 0 bridgehead atoms. The lowest BCUT2D eigenvalue weighted by Crippen LogP contribution is -2.43. The summed E-state index contributed by atoms with van der Waals surface area (Å²) in [5, 5.41) is 0. The molecule has 1 aromatic carbocycles. The number of hydrogen-bond donors (Lipinski definition) is 1. The van der Waals surface area contributed by atoms with E-state index in [2.05, 4.69) is 12.1 Å². The zero-order chi connectivity index (χ0) is 12.8. The predicted molar refractivity (Wildman–Crippen MR) is 71.3 cm³/mol. The van der Waals surface area contributed by atoms with Crippen molar-refractivity contribution in [2.24, 2.45) is 11.1 Å². The Labute approximate surface area is 108 Å². The molecule has 0 radical (unpaired) electrons. The van der Waals surface area contributed by atoms with Gasteiger partial charge in [-0.2, -0.15) is 0 Å². The van der Waals surface area contributed by atoms with Crippen LogP contribution in [0.2, 0.25) is 0 Å². The third-order valence-corrected chi connectivity index (χ3v) is 3.92. The van der Waals surface area contributed by atoms with E-state index in [-0.39, 0.29) is 5.41 Å². The van der Waals surface area contributed by atoms with Crippen LogP contribution in [0.25, 0.3) is 0 Å². The third kappa shape index (κ3) is 2.98. The molecule has 1 saturated heterocycles. The first-order chi connectivity index (χ1) is 8.77. The quantitative estimate of drug-likeness (QED) is 0.865. The summed E-state index contributed by atoms with van der Waals surface area (Å²) in [5.74, 6) is 0.303. The maximum atomic E-state index is 12.4. The molecule has 1 heterocycles. The number of aryl methyl sites for hydroxylation is 1. The summed E-state index contributed by atoms with van der Waals surface area (Å²) in [6.45, 7) is 1.77. The Hall–Kier alpha value is -1.19. The van der Waals surface area contributed by atoms with Crippen molar-refractivity contribution >= 4 is 5.78 Å². The molecule has 2 N–H and O–H groups in total. The van der Waals surface area contributed by atoms with Crippen LogP contribution in [0.5, 0.6) is 0 Å². The van der Waals surface area contributed by atoms with Crippen LogP contribution in [0.3, 0.4) is 0 Å². The maximum absolute atomic E-state index is 12.4. The van der Waals surface area contributed by atoms with E-state index < -0.39 is 0 Å². The lowest BCUT2D eigenvalue weighted by molar-refractivity contribution is -0.133. The Bertz CT molecular complexity index is 383. The van der Waals surface area contributed by atoms with Gasteiger partial charge in [-0.15, -0.1) is 0 Å². The van der Waals surface area contributed by atoms with Crippen molar-refractivity contribution in [2.45, 2.75) is 25.7 Å². The van der Waals surface area contributed by atoms with Gasteiger partial charge in [0, 0.05) is 31.6 Å². The summed E-state index contributed by atoms with van der Waals surface area (Å²) in [4.78, 5) is 12.4.